The molecule has 38 heavy (non-hydrogen) atoms. The van der Waals surface area contributed by atoms with Gasteiger partial charge in [0.1, 0.15) is 5.52 Å². The molecule has 1 N–H and O–H groups in total. The van der Waals surface area contributed by atoms with Crippen LogP contribution in [0.4, 0.5) is 5.69 Å². The highest BCUT2D eigenvalue weighted by atomic mass is 16.5. The van der Waals surface area contributed by atoms with Crippen LogP contribution in [0.5, 0.6) is 0 Å². The second-order valence-corrected chi connectivity index (χ2v) is 11.0. The molecule has 1 aromatic heterocycles. The molecule has 1 atom stereocenters. The summed E-state index contributed by atoms with van der Waals surface area (Å²) in [5.41, 5.74) is 9.28. The van der Waals surface area contributed by atoms with E-state index in [-0.39, 0.29) is 11.9 Å². The highest BCUT2D eigenvalue weighted by Crippen LogP contribution is 2.44. The highest BCUT2D eigenvalue weighted by Gasteiger charge is 2.41. The molecule has 0 saturated heterocycles. The number of aryl methyl sites for hydroxylation is 3. The second-order valence-electron chi connectivity index (χ2n) is 11.0. The molecule has 198 valence electrons. The summed E-state index contributed by atoms with van der Waals surface area (Å²) in [6.45, 7) is 11.8. The van der Waals surface area contributed by atoms with E-state index in [1.54, 1.807) is 4.68 Å². The second kappa shape index (κ2) is 10.2. The lowest BCUT2D eigenvalue weighted by atomic mass is 9.69. The van der Waals surface area contributed by atoms with Crippen molar-refractivity contribution in [1.29, 1.82) is 0 Å². The zero-order chi connectivity index (χ0) is 27.0. The lowest BCUT2D eigenvalue weighted by Gasteiger charge is -2.34. The number of anilines is 1. The van der Waals surface area contributed by atoms with E-state index >= 15 is 0 Å². The van der Waals surface area contributed by atoms with Gasteiger partial charge in [0.05, 0.1) is 18.0 Å². The molecule has 3 aromatic carbocycles. The fraction of sp³-hybridized carbons (Fsp3) is 0.387. The number of ether oxygens (including phenoxy) is 1. The number of aromatic nitrogens is 3. The first-order chi connectivity index (χ1) is 18.2. The van der Waals surface area contributed by atoms with E-state index in [0.717, 1.165) is 53.9 Å². The van der Waals surface area contributed by atoms with Crippen molar-refractivity contribution in [2.24, 2.45) is 12.5 Å². The Kier molecular flexibility index (Phi) is 6.97. The van der Waals surface area contributed by atoms with Gasteiger partial charge in [0, 0.05) is 44.8 Å². The molecular weight excluding hydrogens is 474 g/mol. The van der Waals surface area contributed by atoms with E-state index in [2.05, 4.69) is 89.0 Å². The summed E-state index contributed by atoms with van der Waals surface area (Å²) in [6.07, 6.45) is 0. The largest absolute Gasteiger partial charge is 0.469 e. The van der Waals surface area contributed by atoms with Crippen molar-refractivity contribution < 1.29 is 9.53 Å². The molecule has 0 bridgehead atoms. The maximum atomic E-state index is 13.2. The molecule has 5 rings (SSSR count). The van der Waals surface area contributed by atoms with E-state index < -0.39 is 5.41 Å². The molecule has 0 fully saturated rings. The molecule has 0 aliphatic carbocycles. The Labute approximate surface area is 224 Å². The van der Waals surface area contributed by atoms with Gasteiger partial charge in [-0.1, -0.05) is 47.7 Å². The third-order valence-corrected chi connectivity index (χ3v) is 8.08. The van der Waals surface area contributed by atoms with E-state index in [1.807, 2.05) is 20.9 Å². The summed E-state index contributed by atoms with van der Waals surface area (Å²) in [6, 6.07) is 19.3. The number of carbonyl (C=O) groups excluding carboxylic acids is 1. The Morgan fingerprint density at radius 1 is 1.13 bits per heavy atom. The normalized spacial score (nSPS) is 15.0. The number of nitrogens with zero attached hydrogens (tertiary/aromatic N) is 4. The SMILES string of the molecule is COC(=O)C(C)(C)C(c1ccc(C)c(CN2CCNc3ccccc3C2)c1)c1ccc2c(nnn2C)c1C. The Morgan fingerprint density at radius 3 is 2.71 bits per heavy atom. The van der Waals surface area contributed by atoms with Crippen LogP contribution in [0.2, 0.25) is 0 Å². The van der Waals surface area contributed by atoms with Crippen LogP contribution in [-0.4, -0.2) is 46.1 Å². The minimum Gasteiger partial charge on any atom is -0.469 e. The maximum absolute atomic E-state index is 13.2. The van der Waals surface area contributed by atoms with Crippen molar-refractivity contribution in [1.82, 2.24) is 19.9 Å². The van der Waals surface area contributed by atoms with Crippen molar-refractivity contribution in [3.05, 3.63) is 88.0 Å². The molecule has 0 spiro atoms. The van der Waals surface area contributed by atoms with Crippen molar-refractivity contribution in [2.75, 3.05) is 25.5 Å². The molecule has 7 heteroatoms. The van der Waals surface area contributed by atoms with Crippen LogP contribution < -0.4 is 5.32 Å². The van der Waals surface area contributed by atoms with Crippen molar-refractivity contribution in [3.63, 3.8) is 0 Å². The van der Waals surface area contributed by atoms with Crippen LogP contribution in [0.1, 0.15) is 53.1 Å². The maximum Gasteiger partial charge on any atom is 0.312 e. The number of methoxy groups -OCH3 is 1. The number of carbonyl (C=O) groups is 1. The summed E-state index contributed by atoms with van der Waals surface area (Å²) < 4.78 is 7.09. The van der Waals surface area contributed by atoms with E-state index in [1.165, 1.54) is 29.5 Å². The minimum absolute atomic E-state index is 0.216. The lowest BCUT2D eigenvalue weighted by Crippen LogP contribution is -2.34. The molecular formula is C31H37N5O2. The van der Waals surface area contributed by atoms with Gasteiger partial charge in [-0.2, -0.15) is 0 Å². The monoisotopic (exact) mass is 511 g/mol. The van der Waals surface area contributed by atoms with Crippen LogP contribution in [0.15, 0.2) is 54.6 Å². The van der Waals surface area contributed by atoms with Gasteiger partial charge >= 0.3 is 5.97 Å². The van der Waals surface area contributed by atoms with E-state index in [9.17, 15) is 4.79 Å². The highest BCUT2D eigenvalue weighted by molar-refractivity contribution is 5.82. The van der Waals surface area contributed by atoms with Gasteiger partial charge < -0.3 is 10.1 Å². The number of esters is 1. The Hall–Kier alpha value is -3.71. The topological polar surface area (TPSA) is 72.3 Å². The molecule has 0 amide bonds. The van der Waals surface area contributed by atoms with Crippen molar-refractivity contribution in [2.45, 2.75) is 46.7 Å². The summed E-state index contributed by atoms with van der Waals surface area (Å²) >= 11 is 0. The first kappa shape index (κ1) is 25.9. The van der Waals surface area contributed by atoms with Gasteiger partial charge in [0.2, 0.25) is 0 Å². The molecule has 2 heterocycles. The summed E-state index contributed by atoms with van der Waals surface area (Å²) in [7, 11) is 3.36. The van der Waals surface area contributed by atoms with Crippen LogP contribution in [0.3, 0.4) is 0 Å². The number of nitrogens with one attached hydrogen (secondary N) is 1. The summed E-state index contributed by atoms with van der Waals surface area (Å²) in [4.78, 5) is 15.6. The zero-order valence-electron chi connectivity index (χ0n) is 23.2. The Morgan fingerprint density at radius 2 is 1.92 bits per heavy atom. The fourth-order valence-corrected chi connectivity index (χ4v) is 5.84. The van der Waals surface area contributed by atoms with Gasteiger partial charge in [0.25, 0.3) is 0 Å². The van der Waals surface area contributed by atoms with Crippen molar-refractivity contribution >= 4 is 22.7 Å². The van der Waals surface area contributed by atoms with Gasteiger partial charge in [-0.25, -0.2) is 4.68 Å². The molecule has 1 aliphatic heterocycles. The van der Waals surface area contributed by atoms with E-state index in [4.69, 9.17) is 4.74 Å². The van der Waals surface area contributed by atoms with Gasteiger partial charge in [-0.15, -0.1) is 5.10 Å². The number of para-hydroxylation sites is 1. The minimum atomic E-state index is -0.798. The number of hydrogen-bond donors (Lipinski definition) is 1. The third-order valence-electron chi connectivity index (χ3n) is 8.08. The third kappa shape index (κ3) is 4.67. The number of benzene rings is 3. The number of hydrogen-bond acceptors (Lipinski definition) is 6. The molecule has 0 radical (unpaired) electrons. The number of rotatable bonds is 6. The summed E-state index contributed by atoms with van der Waals surface area (Å²) in [5.74, 6) is -0.453. The van der Waals surface area contributed by atoms with E-state index in [0.29, 0.717) is 0 Å². The predicted molar refractivity (Wildman–Crippen MR) is 151 cm³/mol. The Balaban J connectivity index is 1.56. The van der Waals surface area contributed by atoms with Crippen LogP contribution in [0.25, 0.3) is 11.0 Å². The first-order valence-corrected chi connectivity index (χ1v) is 13.2. The first-order valence-electron chi connectivity index (χ1n) is 13.2. The summed E-state index contributed by atoms with van der Waals surface area (Å²) in [5, 5.41) is 12.2. The predicted octanol–water partition coefficient (Wildman–Crippen LogP) is 5.34. The zero-order valence-corrected chi connectivity index (χ0v) is 23.2. The molecule has 4 aromatic rings. The average Bonchev–Trinajstić information content (AvgIpc) is 3.16. The quantitative estimate of drug-likeness (QED) is 0.352. The van der Waals surface area contributed by atoms with Gasteiger partial charge in [-0.3, -0.25) is 9.69 Å². The molecule has 1 aliphatic rings. The Bertz CT molecular complexity index is 1490. The standard InChI is InChI=1S/C31H37N5O2/c1-20-11-12-22(17-24(20)19-36-16-15-32-26-10-8-7-9-23(26)18-36)28(31(3,4)30(37)38-6)25-13-14-27-29(21(25)2)33-34-35(27)5/h7-14,17,28,32H,15-16,18-19H2,1-6H3. The van der Waals surface area contributed by atoms with Crippen LogP contribution in [-0.2, 0) is 29.7 Å². The molecule has 1 unspecified atom stereocenters. The van der Waals surface area contributed by atoms with Crippen molar-refractivity contribution in [3.8, 4) is 0 Å². The fourth-order valence-electron chi connectivity index (χ4n) is 5.84. The van der Waals surface area contributed by atoms with Gasteiger partial charge in [-0.05, 0) is 73.2 Å². The average molecular weight is 512 g/mol. The van der Waals surface area contributed by atoms with Gasteiger partial charge in [0.15, 0.2) is 0 Å². The number of fused-ring (bicyclic) bond motifs is 2. The smallest absolute Gasteiger partial charge is 0.312 e. The van der Waals surface area contributed by atoms with Crippen LogP contribution >= 0.6 is 0 Å². The molecule has 0 saturated carbocycles. The molecule has 7 nitrogen and oxygen atoms in total. The lowest BCUT2D eigenvalue weighted by molar-refractivity contribution is -0.151. The van der Waals surface area contributed by atoms with Crippen LogP contribution in [0, 0.1) is 19.3 Å².